The molecule has 0 radical (unpaired) electrons. The molecule has 1 heterocycles. The maximum Gasteiger partial charge on any atom is 0.338 e. The van der Waals surface area contributed by atoms with E-state index in [0.29, 0.717) is 11.1 Å². The van der Waals surface area contributed by atoms with Crippen LogP contribution in [0.1, 0.15) is 34.5 Å². The Morgan fingerprint density at radius 3 is 2.35 bits per heavy atom. The summed E-state index contributed by atoms with van der Waals surface area (Å²) >= 11 is 1.69. The Balaban J connectivity index is 1.84. The molecule has 2 aromatic carbocycles. The quantitative estimate of drug-likeness (QED) is 0.610. The zero-order valence-electron chi connectivity index (χ0n) is 17.3. The molecule has 1 unspecified atom stereocenters. The highest BCUT2D eigenvalue weighted by Crippen LogP contribution is 2.28. The zero-order valence-corrected chi connectivity index (χ0v) is 18.2. The molecule has 0 spiro atoms. The number of thioether (sulfide) groups is 1. The van der Waals surface area contributed by atoms with Crippen molar-refractivity contribution in [2.45, 2.75) is 18.7 Å². The SMILES string of the molecule is CCOC(=O)C1=C(COC(=O)c2ccc(CSC)cc2)NC(=O)NC1c1ccccc1. The van der Waals surface area contributed by atoms with Crippen LogP contribution in [0.4, 0.5) is 4.79 Å². The van der Waals surface area contributed by atoms with Gasteiger partial charge in [-0.3, -0.25) is 0 Å². The maximum atomic E-state index is 12.7. The van der Waals surface area contributed by atoms with E-state index >= 15 is 0 Å². The second-order valence-corrected chi connectivity index (χ2v) is 7.63. The van der Waals surface area contributed by atoms with Crippen LogP contribution in [0.2, 0.25) is 0 Å². The molecule has 7 nitrogen and oxygen atoms in total. The van der Waals surface area contributed by atoms with Crippen molar-refractivity contribution < 1.29 is 23.9 Å². The minimum Gasteiger partial charge on any atom is -0.463 e. The molecule has 0 saturated carbocycles. The number of nitrogens with one attached hydrogen (secondary N) is 2. The monoisotopic (exact) mass is 440 g/mol. The first-order valence-corrected chi connectivity index (χ1v) is 11.2. The van der Waals surface area contributed by atoms with Crippen molar-refractivity contribution in [3.8, 4) is 0 Å². The molecule has 8 heteroatoms. The van der Waals surface area contributed by atoms with Crippen LogP contribution in [0, 0.1) is 0 Å². The normalized spacial score (nSPS) is 15.7. The summed E-state index contributed by atoms with van der Waals surface area (Å²) in [4.78, 5) is 37.4. The van der Waals surface area contributed by atoms with Crippen molar-refractivity contribution in [2.24, 2.45) is 0 Å². The Morgan fingerprint density at radius 2 is 1.71 bits per heavy atom. The van der Waals surface area contributed by atoms with Crippen LogP contribution in [0.3, 0.4) is 0 Å². The largest absolute Gasteiger partial charge is 0.463 e. The second-order valence-electron chi connectivity index (χ2n) is 6.76. The summed E-state index contributed by atoms with van der Waals surface area (Å²) in [7, 11) is 0. The van der Waals surface area contributed by atoms with Crippen LogP contribution in [0.15, 0.2) is 65.9 Å². The van der Waals surface area contributed by atoms with Gasteiger partial charge in [0.05, 0.1) is 29.5 Å². The molecule has 1 atom stereocenters. The fraction of sp³-hybridized carbons (Fsp3) is 0.261. The third-order valence-electron chi connectivity index (χ3n) is 4.63. The van der Waals surface area contributed by atoms with E-state index in [0.717, 1.165) is 11.3 Å². The summed E-state index contributed by atoms with van der Waals surface area (Å²) in [5.74, 6) is -0.280. The third kappa shape index (κ3) is 5.67. The molecular weight excluding hydrogens is 416 g/mol. The Hall–Kier alpha value is -3.26. The first kappa shape index (κ1) is 22.4. The van der Waals surface area contributed by atoms with E-state index in [1.54, 1.807) is 43.0 Å². The zero-order chi connectivity index (χ0) is 22.2. The van der Waals surface area contributed by atoms with Gasteiger partial charge in [0.25, 0.3) is 0 Å². The van der Waals surface area contributed by atoms with Gasteiger partial charge >= 0.3 is 18.0 Å². The molecule has 3 rings (SSSR count). The average Bonchev–Trinajstić information content (AvgIpc) is 2.78. The van der Waals surface area contributed by atoms with Crippen molar-refractivity contribution in [2.75, 3.05) is 19.5 Å². The summed E-state index contributed by atoms with van der Waals surface area (Å²) < 4.78 is 10.6. The number of hydrogen-bond acceptors (Lipinski definition) is 6. The fourth-order valence-corrected chi connectivity index (χ4v) is 3.73. The van der Waals surface area contributed by atoms with Crippen LogP contribution in [-0.4, -0.2) is 37.4 Å². The highest BCUT2D eigenvalue weighted by Gasteiger charge is 2.34. The maximum absolute atomic E-state index is 12.7. The molecule has 0 aliphatic carbocycles. The lowest BCUT2D eigenvalue weighted by Crippen LogP contribution is -2.47. The van der Waals surface area contributed by atoms with E-state index in [9.17, 15) is 14.4 Å². The number of esters is 2. The van der Waals surface area contributed by atoms with Gasteiger partial charge < -0.3 is 20.1 Å². The Labute approximate surface area is 185 Å². The number of ether oxygens (including phenoxy) is 2. The molecule has 0 bridgehead atoms. The first-order chi connectivity index (χ1) is 15.0. The van der Waals surface area contributed by atoms with Gasteiger partial charge in [0.15, 0.2) is 0 Å². The fourth-order valence-electron chi connectivity index (χ4n) is 3.20. The molecule has 0 saturated heterocycles. The molecular formula is C23H24N2O5S. The molecule has 2 N–H and O–H groups in total. The number of carbonyl (C=O) groups excluding carboxylic acids is 3. The van der Waals surface area contributed by atoms with Crippen molar-refractivity contribution in [3.05, 3.63) is 82.6 Å². The van der Waals surface area contributed by atoms with E-state index in [1.165, 1.54) is 0 Å². The van der Waals surface area contributed by atoms with Gasteiger partial charge in [0.2, 0.25) is 0 Å². The Morgan fingerprint density at radius 1 is 1.00 bits per heavy atom. The molecule has 2 aromatic rings. The van der Waals surface area contributed by atoms with E-state index in [4.69, 9.17) is 9.47 Å². The van der Waals surface area contributed by atoms with Gasteiger partial charge in [-0.25, -0.2) is 14.4 Å². The highest BCUT2D eigenvalue weighted by molar-refractivity contribution is 7.97. The second kappa shape index (κ2) is 10.7. The Bertz CT molecular complexity index is 973. The van der Waals surface area contributed by atoms with Gasteiger partial charge in [-0.05, 0) is 36.4 Å². The number of rotatable bonds is 8. The predicted octanol–water partition coefficient (Wildman–Crippen LogP) is 3.58. The first-order valence-electron chi connectivity index (χ1n) is 9.81. The lowest BCUT2D eigenvalue weighted by Gasteiger charge is -2.29. The summed E-state index contributed by atoms with van der Waals surface area (Å²) in [6.07, 6.45) is 2.01. The molecule has 0 aromatic heterocycles. The van der Waals surface area contributed by atoms with E-state index < -0.39 is 24.0 Å². The van der Waals surface area contributed by atoms with Gasteiger partial charge in [-0.1, -0.05) is 42.5 Å². The minimum atomic E-state index is -0.714. The van der Waals surface area contributed by atoms with Crippen LogP contribution in [-0.2, 0) is 20.0 Å². The van der Waals surface area contributed by atoms with Gasteiger partial charge in [0.1, 0.15) is 6.61 Å². The molecule has 31 heavy (non-hydrogen) atoms. The van der Waals surface area contributed by atoms with Crippen molar-refractivity contribution in [1.82, 2.24) is 10.6 Å². The van der Waals surface area contributed by atoms with E-state index in [2.05, 4.69) is 10.6 Å². The lowest BCUT2D eigenvalue weighted by molar-refractivity contribution is -0.139. The number of hydrogen-bond donors (Lipinski definition) is 2. The predicted molar refractivity (Wildman–Crippen MR) is 118 cm³/mol. The van der Waals surface area contributed by atoms with E-state index in [1.807, 2.05) is 36.6 Å². The summed E-state index contributed by atoms with van der Waals surface area (Å²) in [5.41, 5.74) is 2.61. The smallest absolute Gasteiger partial charge is 0.338 e. The average molecular weight is 441 g/mol. The lowest BCUT2D eigenvalue weighted by atomic mass is 9.95. The number of amides is 2. The standard InChI is InChI=1S/C23H24N2O5S/c1-3-29-22(27)19-18(24-23(28)25-20(19)16-7-5-4-6-8-16)13-30-21(26)17-11-9-15(10-12-17)14-31-2/h4-12,20H,3,13-14H2,1-2H3,(H2,24,25,28). The van der Waals surface area contributed by atoms with Crippen molar-refractivity contribution >= 4 is 29.7 Å². The number of urea groups is 1. The minimum absolute atomic E-state index is 0.174. The molecule has 162 valence electrons. The highest BCUT2D eigenvalue weighted by atomic mass is 32.2. The van der Waals surface area contributed by atoms with Crippen LogP contribution < -0.4 is 10.6 Å². The summed E-state index contributed by atoms with van der Waals surface area (Å²) in [5, 5.41) is 5.33. The van der Waals surface area contributed by atoms with Gasteiger partial charge in [0, 0.05) is 5.75 Å². The van der Waals surface area contributed by atoms with Crippen LogP contribution in [0.25, 0.3) is 0 Å². The van der Waals surface area contributed by atoms with Crippen molar-refractivity contribution in [3.63, 3.8) is 0 Å². The molecule has 1 aliphatic heterocycles. The van der Waals surface area contributed by atoms with E-state index in [-0.39, 0.29) is 24.5 Å². The number of benzene rings is 2. The van der Waals surface area contributed by atoms with Crippen LogP contribution in [0.5, 0.6) is 0 Å². The summed E-state index contributed by atoms with van der Waals surface area (Å²) in [6, 6.07) is 15.0. The Kier molecular flexibility index (Phi) is 7.72. The molecule has 1 aliphatic rings. The third-order valence-corrected chi connectivity index (χ3v) is 5.25. The van der Waals surface area contributed by atoms with Crippen molar-refractivity contribution in [1.29, 1.82) is 0 Å². The molecule has 2 amide bonds. The van der Waals surface area contributed by atoms with Crippen LogP contribution >= 0.6 is 11.8 Å². The van der Waals surface area contributed by atoms with Gasteiger partial charge in [-0.15, -0.1) is 0 Å². The topological polar surface area (TPSA) is 93.7 Å². The van der Waals surface area contributed by atoms with Gasteiger partial charge in [-0.2, -0.15) is 11.8 Å². The molecule has 0 fully saturated rings. The summed E-state index contributed by atoms with van der Waals surface area (Å²) in [6.45, 7) is 1.61. The number of carbonyl (C=O) groups is 3.